The summed E-state index contributed by atoms with van der Waals surface area (Å²) >= 11 is 0. The molecule has 3 heterocycles. The van der Waals surface area contributed by atoms with E-state index in [1.807, 2.05) is 44.1 Å². The number of ether oxygens (including phenoxy) is 2. The normalized spacial score (nSPS) is 15.9. The summed E-state index contributed by atoms with van der Waals surface area (Å²) in [6.45, 7) is 5.08. The summed E-state index contributed by atoms with van der Waals surface area (Å²) in [5, 5.41) is 6.50. The molecule has 1 fully saturated rings. The number of hydrogen-bond acceptors (Lipinski definition) is 6. The molecule has 3 aromatic carbocycles. The lowest BCUT2D eigenvalue weighted by Crippen LogP contribution is -2.47. The van der Waals surface area contributed by atoms with E-state index in [2.05, 4.69) is 20.1 Å². The molecular weight excluding hydrogens is 546 g/mol. The molecule has 1 saturated heterocycles. The van der Waals surface area contributed by atoms with Gasteiger partial charge in [0.25, 0.3) is 5.91 Å². The third kappa shape index (κ3) is 5.44. The number of nitrogens with one attached hydrogen (secondary N) is 2. The van der Waals surface area contributed by atoms with Crippen LogP contribution < -0.4 is 20.1 Å². The van der Waals surface area contributed by atoms with Crippen LogP contribution >= 0.6 is 0 Å². The van der Waals surface area contributed by atoms with Crippen LogP contribution in [0.4, 0.5) is 16.2 Å². The minimum absolute atomic E-state index is 0.0158. The Hall–Kier alpha value is -5.09. The van der Waals surface area contributed by atoms with Gasteiger partial charge >= 0.3 is 6.03 Å². The number of piperazine rings is 1. The van der Waals surface area contributed by atoms with Gasteiger partial charge in [-0.15, -0.1) is 0 Å². The number of carbonyl (C=O) groups is 3. The van der Waals surface area contributed by atoms with Crippen LogP contribution in [0.5, 0.6) is 11.5 Å². The molecule has 3 amide bonds. The van der Waals surface area contributed by atoms with Gasteiger partial charge in [0.1, 0.15) is 11.5 Å². The summed E-state index contributed by atoms with van der Waals surface area (Å²) in [7, 11) is 5.64. The lowest BCUT2D eigenvalue weighted by Gasteiger charge is -2.32. The number of Topliss-reactive ketones (excluding diaryl/α,β-unsaturated/α-hetero) is 1. The van der Waals surface area contributed by atoms with Crippen molar-refractivity contribution in [3.8, 4) is 11.5 Å². The van der Waals surface area contributed by atoms with Gasteiger partial charge in [0.2, 0.25) is 5.78 Å². The minimum Gasteiger partial charge on any atom is -0.497 e. The molecule has 2 aliphatic rings. The molecule has 10 nitrogen and oxygen atoms in total. The van der Waals surface area contributed by atoms with Crippen LogP contribution in [-0.2, 0) is 7.05 Å². The summed E-state index contributed by atoms with van der Waals surface area (Å²) in [6.07, 6.45) is 1.76. The van der Waals surface area contributed by atoms with Gasteiger partial charge in [0.05, 0.1) is 12.7 Å². The Morgan fingerprint density at radius 1 is 0.907 bits per heavy atom. The number of allylic oxidation sites excluding steroid dienone is 1. The second kappa shape index (κ2) is 11.3. The van der Waals surface area contributed by atoms with Crippen molar-refractivity contribution in [3.63, 3.8) is 0 Å². The fraction of sp³-hybridized carbons (Fsp3) is 0.242. The first-order valence-corrected chi connectivity index (χ1v) is 14.1. The number of rotatable bonds is 5. The van der Waals surface area contributed by atoms with Crippen molar-refractivity contribution in [2.75, 3.05) is 51.0 Å². The number of methoxy groups -OCH3 is 1. The van der Waals surface area contributed by atoms with Gasteiger partial charge in [-0.25, -0.2) is 4.79 Å². The van der Waals surface area contributed by atoms with Crippen LogP contribution in [0.1, 0.15) is 32.0 Å². The van der Waals surface area contributed by atoms with E-state index in [4.69, 9.17) is 9.47 Å². The lowest BCUT2D eigenvalue weighted by atomic mass is 10.1. The molecule has 220 valence electrons. The van der Waals surface area contributed by atoms with Gasteiger partial charge in [0, 0.05) is 72.3 Å². The molecule has 10 heteroatoms. The second-order valence-electron chi connectivity index (χ2n) is 10.8. The van der Waals surface area contributed by atoms with Crippen LogP contribution in [0.2, 0.25) is 0 Å². The molecule has 2 N–H and O–H groups in total. The first-order valence-electron chi connectivity index (χ1n) is 14.1. The molecule has 0 radical (unpaired) electrons. The van der Waals surface area contributed by atoms with Gasteiger partial charge in [-0.2, -0.15) is 0 Å². The van der Waals surface area contributed by atoms with Crippen molar-refractivity contribution in [2.24, 2.45) is 7.05 Å². The van der Waals surface area contributed by atoms with Crippen LogP contribution in [0.3, 0.4) is 0 Å². The van der Waals surface area contributed by atoms with Crippen LogP contribution in [0.25, 0.3) is 17.0 Å². The fourth-order valence-corrected chi connectivity index (χ4v) is 5.47. The molecule has 4 aromatic rings. The SMILES string of the molecule is COc1ccc2c(c1)c(/C=C1\Oc3ccc(NC(=O)Nc4ccc(C(=O)N5CCN(C)CC5)cc4)cc3C1=O)c(C)n2C. The van der Waals surface area contributed by atoms with Crippen molar-refractivity contribution in [3.05, 3.63) is 88.8 Å². The number of carbonyl (C=O) groups excluding carboxylic acids is 3. The molecule has 0 bridgehead atoms. The van der Waals surface area contributed by atoms with E-state index >= 15 is 0 Å². The maximum absolute atomic E-state index is 13.3. The van der Waals surface area contributed by atoms with Gasteiger partial charge < -0.3 is 34.5 Å². The number of aromatic nitrogens is 1. The van der Waals surface area contributed by atoms with Gasteiger partial charge in [-0.1, -0.05) is 0 Å². The van der Waals surface area contributed by atoms with Crippen molar-refractivity contribution < 1.29 is 23.9 Å². The molecule has 0 spiro atoms. The number of amides is 3. The number of ketones is 1. The summed E-state index contributed by atoms with van der Waals surface area (Å²) in [4.78, 5) is 42.9. The summed E-state index contributed by atoms with van der Waals surface area (Å²) < 4.78 is 13.4. The molecule has 43 heavy (non-hydrogen) atoms. The monoisotopic (exact) mass is 579 g/mol. The van der Waals surface area contributed by atoms with Gasteiger partial charge in [-0.05, 0) is 80.7 Å². The number of fused-ring (bicyclic) bond motifs is 2. The minimum atomic E-state index is -0.472. The van der Waals surface area contributed by atoms with E-state index < -0.39 is 6.03 Å². The molecule has 0 atom stereocenters. The largest absolute Gasteiger partial charge is 0.497 e. The highest BCUT2D eigenvalue weighted by Crippen LogP contribution is 2.36. The molecule has 1 aromatic heterocycles. The van der Waals surface area contributed by atoms with E-state index in [0.717, 1.165) is 41.0 Å². The van der Waals surface area contributed by atoms with E-state index in [0.29, 0.717) is 41.3 Å². The highest BCUT2D eigenvalue weighted by Gasteiger charge is 2.29. The van der Waals surface area contributed by atoms with E-state index in [1.165, 1.54) is 0 Å². The van der Waals surface area contributed by atoms with Crippen LogP contribution in [0, 0.1) is 6.92 Å². The number of benzene rings is 3. The Bertz CT molecular complexity index is 1780. The van der Waals surface area contributed by atoms with Gasteiger partial charge in [-0.3, -0.25) is 9.59 Å². The average molecular weight is 580 g/mol. The number of hydrogen-bond donors (Lipinski definition) is 2. The third-order valence-electron chi connectivity index (χ3n) is 8.13. The number of aryl methyl sites for hydroxylation is 1. The Balaban J connectivity index is 1.13. The highest BCUT2D eigenvalue weighted by molar-refractivity contribution is 6.16. The molecule has 0 unspecified atom stereocenters. The average Bonchev–Trinajstić information content (AvgIpc) is 3.45. The van der Waals surface area contributed by atoms with E-state index in [1.54, 1.807) is 55.7 Å². The van der Waals surface area contributed by atoms with Crippen LogP contribution in [0.15, 0.2) is 66.4 Å². The number of likely N-dealkylation sites (N-methyl/N-ethyl adjacent to an activating group) is 1. The zero-order valence-corrected chi connectivity index (χ0v) is 24.6. The number of urea groups is 1. The molecule has 0 aliphatic carbocycles. The molecule has 6 rings (SSSR count). The molecule has 2 aliphatic heterocycles. The fourth-order valence-electron chi connectivity index (χ4n) is 5.47. The zero-order valence-electron chi connectivity index (χ0n) is 24.6. The highest BCUT2D eigenvalue weighted by atomic mass is 16.5. The van der Waals surface area contributed by atoms with E-state index in [-0.39, 0.29) is 17.4 Å². The standard InChI is InChI=1S/C33H33N5O5/c1-20-25(26-18-24(42-4)10-11-28(26)37(20)3)19-30-31(39)27-17-23(9-12-29(27)43-30)35-33(41)34-22-7-5-21(6-8-22)32(40)38-15-13-36(2)14-16-38/h5-12,17-19H,13-16H2,1-4H3,(H2,34,35,41)/b30-19-. The Kier molecular flexibility index (Phi) is 7.37. The van der Waals surface area contributed by atoms with Crippen LogP contribution in [-0.4, -0.2) is 72.4 Å². The Morgan fingerprint density at radius 3 is 2.33 bits per heavy atom. The van der Waals surface area contributed by atoms with Crippen molar-refractivity contribution in [2.45, 2.75) is 6.92 Å². The zero-order chi connectivity index (χ0) is 30.2. The maximum atomic E-state index is 13.3. The van der Waals surface area contributed by atoms with Crippen molar-refractivity contribution >= 4 is 46.1 Å². The second-order valence-corrected chi connectivity index (χ2v) is 10.8. The first kappa shape index (κ1) is 28.0. The summed E-state index contributed by atoms with van der Waals surface area (Å²) in [5.41, 5.74) is 4.81. The Morgan fingerprint density at radius 2 is 1.60 bits per heavy atom. The topological polar surface area (TPSA) is 105 Å². The summed E-state index contributed by atoms with van der Waals surface area (Å²) in [5.74, 6) is 1.08. The first-order chi connectivity index (χ1) is 20.7. The quantitative estimate of drug-likeness (QED) is 0.317. The lowest BCUT2D eigenvalue weighted by molar-refractivity contribution is 0.0664. The Labute approximate surface area is 249 Å². The predicted octanol–water partition coefficient (Wildman–Crippen LogP) is 5.14. The van der Waals surface area contributed by atoms with Crippen molar-refractivity contribution in [1.29, 1.82) is 0 Å². The number of anilines is 2. The number of nitrogens with zero attached hydrogens (tertiary/aromatic N) is 3. The predicted molar refractivity (Wildman–Crippen MR) is 166 cm³/mol. The van der Waals surface area contributed by atoms with Crippen molar-refractivity contribution in [1.82, 2.24) is 14.4 Å². The van der Waals surface area contributed by atoms with E-state index in [9.17, 15) is 14.4 Å². The maximum Gasteiger partial charge on any atom is 0.323 e. The summed E-state index contributed by atoms with van der Waals surface area (Å²) in [6, 6.07) is 17.1. The smallest absolute Gasteiger partial charge is 0.323 e. The van der Waals surface area contributed by atoms with Gasteiger partial charge in [0.15, 0.2) is 5.76 Å². The molecule has 0 saturated carbocycles. The molecular formula is C33H33N5O5. The third-order valence-corrected chi connectivity index (χ3v) is 8.13.